The van der Waals surface area contributed by atoms with Crippen molar-refractivity contribution in [2.75, 3.05) is 0 Å². The van der Waals surface area contributed by atoms with Crippen molar-refractivity contribution in [3.8, 4) is 28.5 Å². The molecule has 2 saturated carbocycles. The molecule has 0 N–H and O–H groups in total. The van der Waals surface area contributed by atoms with Gasteiger partial charge in [0.15, 0.2) is 6.20 Å². The maximum atomic E-state index is 10.2. The van der Waals surface area contributed by atoms with Crippen LogP contribution in [0.5, 0.6) is 0 Å². The third-order valence-corrected chi connectivity index (χ3v) is 10.2. The zero-order valence-electron chi connectivity index (χ0n) is 32.1. The minimum atomic E-state index is -2.64. The van der Waals surface area contributed by atoms with Gasteiger partial charge in [0.2, 0.25) is 5.69 Å². The molecule has 218 valence electrons. The molecule has 0 unspecified atom stereocenters. The fraction of sp³-hybridized carbons (Fsp3) is 0.400. The summed E-state index contributed by atoms with van der Waals surface area (Å²) < 4.78 is 66.2. The molecule has 0 bridgehead atoms. The van der Waals surface area contributed by atoms with E-state index in [1.165, 1.54) is 44.4 Å². The van der Waals surface area contributed by atoms with Crippen molar-refractivity contribution in [1.82, 2.24) is 0 Å². The predicted molar refractivity (Wildman–Crippen MR) is 176 cm³/mol. The molecule has 2 aliphatic rings. The molecule has 3 nitrogen and oxygen atoms in total. The first-order valence-electron chi connectivity index (χ1n) is 19.2. The van der Waals surface area contributed by atoms with Gasteiger partial charge in [-0.15, -0.1) is 0 Å². The summed E-state index contributed by atoms with van der Waals surface area (Å²) >= 11 is 0. The molecule has 0 aliphatic heterocycles. The van der Waals surface area contributed by atoms with Crippen LogP contribution in [-0.4, -0.2) is 0 Å². The Kier molecular flexibility index (Phi) is 5.50. The number of nitrogens with zero attached hydrogens (tertiary/aromatic N) is 2. The first-order valence-corrected chi connectivity index (χ1v) is 15.7. The lowest BCUT2D eigenvalue weighted by Gasteiger charge is -2.36. The molecule has 2 aromatic heterocycles. The largest absolute Gasteiger partial charge is 0.454 e. The highest BCUT2D eigenvalue weighted by atomic mass is 16.3. The van der Waals surface area contributed by atoms with Gasteiger partial charge < -0.3 is 4.42 Å². The van der Waals surface area contributed by atoms with E-state index in [4.69, 9.17) is 12.6 Å². The van der Waals surface area contributed by atoms with E-state index < -0.39 is 19.6 Å². The standard InChI is InChI=1S/C40H43N2O/c1-25-10-20-34-35-21-19-33(23-41)38(40(35)43-39(34)37(25)36-22-26(2)27(3)24-42(36)4)32-17-15-31(16-18-32)30-13-11-29(12-14-30)28-8-6-5-7-9-28/h10,15-22,24,28-30H,5-9,11-14H2,1-4H3/q+1/i2D3,3D3,30D. The van der Waals surface area contributed by atoms with Crippen LogP contribution in [0.2, 0.25) is 0 Å². The second-order valence-electron chi connectivity index (χ2n) is 12.7. The predicted octanol–water partition coefficient (Wildman–Crippen LogP) is 10.4. The molecule has 0 atom stereocenters. The van der Waals surface area contributed by atoms with Gasteiger partial charge in [0.05, 0.1) is 17.2 Å². The van der Waals surface area contributed by atoms with Crippen LogP contribution in [0, 0.1) is 43.8 Å². The van der Waals surface area contributed by atoms with Crippen LogP contribution in [0.15, 0.2) is 65.2 Å². The highest BCUT2D eigenvalue weighted by molar-refractivity contribution is 6.14. The Morgan fingerprint density at radius 3 is 2.16 bits per heavy atom. The van der Waals surface area contributed by atoms with E-state index in [1.807, 2.05) is 49.4 Å². The molecule has 3 aromatic carbocycles. The number of fused-ring (bicyclic) bond motifs is 3. The van der Waals surface area contributed by atoms with Gasteiger partial charge in [0.1, 0.15) is 18.2 Å². The first kappa shape index (κ1) is 20.9. The molecule has 0 spiro atoms. The summed E-state index contributed by atoms with van der Waals surface area (Å²) in [4.78, 5) is 0. The molecule has 7 rings (SSSR count). The molecular formula is C40H43N2O+. The Balaban J connectivity index is 1.31. The van der Waals surface area contributed by atoms with E-state index in [-0.39, 0.29) is 11.1 Å². The van der Waals surface area contributed by atoms with Crippen LogP contribution in [0.4, 0.5) is 0 Å². The number of rotatable bonds is 4. The number of pyridine rings is 1. The van der Waals surface area contributed by atoms with Gasteiger partial charge >= 0.3 is 0 Å². The number of aromatic nitrogens is 1. The van der Waals surface area contributed by atoms with Gasteiger partial charge in [0, 0.05) is 37.6 Å². The van der Waals surface area contributed by atoms with Gasteiger partial charge in [-0.2, -0.15) is 5.26 Å². The van der Waals surface area contributed by atoms with Gasteiger partial charge in [0.25, 0.3) is 0 Å². The number of hydrogen-bond acceptors (Lipinski definition) is 2. The average molecular weight is 575 g/mol. The molecule has 43 heavy (non-hydrogen) atoms. The van der Waals surface area contributed by atoms with Crippen LogP contribution in [0.1, 0.15) is 101 Å². The van der Waals surface area contributed by atoms with E-state index in [1.54, 1.807) is 17.7 Å². The molecule has 3 heteroatoms. The van der Waals surface area contributed by atoms with E-state index in [2.05, 4.69) is 6.07 Å². The normalized spacial score (nSPS) is 24.3. The SMILES string of the molecule is [2H]C([2H])([2H])c1cc(-c2c(C)ccc3c2oc2c(-c4ccc(C5([2H])CCC(C6CCCCC6)CC5)cc4)c(C#N)ccc23)[n+](C)cc1C([2H])([2H])[2H]. The van der Waals surface area contributed by atoms with Crippen LogP contribution in [0.25, 0.3) is 44.3 Å². The maximum absolute atomic E-state index is 10.2. The molecule has 2 aliphatic carbocycles. The van der Waals surface area contributed by atoms with Crippen LogP contribution < -0.4 is 4.57 Å². The Bertz CT molecular complexity index is 2120. The summed E-state index contributed by atoms with van der Waals surface area (Å²) in [6, 6.07) is 19.5. The Hall–Kier alpha value is -3.90. The number of hydrogen-bond donors (Lipinski definition) is 0. The van der Waals surface area contributed by atoms with Crippen molar-refractivity contribution in [3.05, 3.63) is 88.6 Å². The summed E-state index contributed by atoms with van der Waals surface area (Å²) in [5, 5.41) is 11.9. The highest BCUT2D eigenvalue weighted by Gasteiger charge is 2.29. The minimum Gasteiger partial charge on any atom is -0.454 e. The zero-order chi connectivity index (χ0) is 35.6. The number of benzene rings is 3. The number of furan rings is 1. The second kappa shape index (κ2) is 11.3. The lowest BCUT2D eigenvalue weighted by atomic mass is 9.70. The molecule has 0 amide bonds. The van der Waals surface area contributed by atoms with Gasteiger partial charge in [-0.05, 0) is 98.4 Å². The summed E-state index contributed by atoms with van der Waals surface area (Å²) in [6.45, 7) is -3.34. The third-order valence-electron chi connectivity index (χ3n) is 10.2. The highest BCUT2D eigenvalue weighted by Crippen LogP contribution is 2.45. The van der Waals surface area contributed by atoms with Crippen molar-refractivity contribution < 1.29 is 18.6 Å². The van der Waals surface area contributed by atoms with Crippen LogP contribution in [0.3, 0.4) is 0 Å². The van der Waals surface area contributed by atoms with Crippen LogP contribution in [-0.2, 0) is 7.05 Å². The summed E-state index contributed by atoms with van der Waals surface area (Å²) in [5.41, 5.74) is 5.60. The third kappa shape index (κ3) is 4.96. The first-order chi connectivity index (χ1) is 23.7. The lowest BCUT2D eigenvalue weighted by molar-refractivity contribution is -0.660. The van der Waals surface area contributed by atoms with Crippen molar-refractivity contribution in [1.29, 1.82) is 5.26 Å². The van der Waals surface area contributed by atoms with E-state index in [0.29, 0.717) is 33.6 Å². The summed E-state index contributed by atoms with van der Waals surface area (Å²) in [5.74, 6) is 0.957. The fourth-order valence-electron chi connectivity index (χ4n) is 7.82. The number of nitriles is 1. The summed E-state index contributed by atoms with van der Waals surface area (Å²) in [6.07, 6.45) is 12.1. The van der Waals surface area contributed by atoms with Crippen molar-refractivity contribution in [2.45, 2.75) is 84.3 Å². The fourth-order valence-corrected chi connectivity index (χ4v) is 7.82. The van der Waals surface area contributed by atoms with Crippen molar-refractivity contribution in [2.24, 2.45) is 18.9 Å². The molecule has 2 fully saturated rings. The lowest BCUT2D eigenvalue weighted by Crippen LogP contribution is -2.31. The molecular weight excluding hydrogens is 524 g/mol. The quantitative estimate of drug-likeness (QED) is 0.200. The van der Waals surface area contributed by atoms with Gasteiger partial charge in [-0.25, -0.2) is 4.57 Å². The van der Waals surface area contributed by atoms with E-state index in [9.17, 15) is 6.63 Å². The van der Waals surface area contributed by atoms with E-state index in [0.717, 1.165) is 65.0 Å². The van der Waals surface area contributed by atoms with Gasteiger partial charge in [-0.1, -0.05) is 68.5 Å². The zero-order valence-corrected chi connectivity index (χ0v) is 25.1. The second-order valence-corrected chi connectivity index (χ2v) is 12.7. The van der Waals surface area contributed by atoms with Gasteiger partial charge in [-0.3, -0.25) is 0 Å². The smallest absolute Gasteiger partial charge is 0.216 e. The maximum Gasteiger partial charge on any atom is 0.216 e. The minimum absolute atomic E-state index is 0.214. The topological polar surface area (TPSA) is 40.8 Å². The van der Waals surface area contributed by atoms with Crippen molar-refractivity contribution >= 4 is 21.9 Å². The van der Waals surface area contributed by atoms with Crippen LogP contribution >= 0.6 is 0 Å². The van der Waals surface area contributed by atoms with E-state index >= 15 is 0 Å². The molecule has 0 saturated heterocycles. The molecule has 0 radical (unpaired) electrons. The number of aryl methyl sites for hydroxylation is 4. The average Bonchev–Trinajstić information content (AvgIpc) is 3.46. The monoisotopic (exact) mass is 574 g/mol. The molecule has 2 heterocycles. The van der Waals surface area contributed by atoms with Crippen molar-refractivity contribution in [3.63, 3.8) is 0 Å². The molecule has 5 aromatic rings. The Morgan fingerprint density at radius 2 is 1.47 bits per heavy atom. The summed E-state index contributed by atoms with van der Waals surface area (Å²) in [7, 11) is 1.71. The Morgan fingerprint density at radius 1 is 0.791 bits per heavy atom. The Labute approximate surface area is 266 Å².